The molecule has 2 saturated heterocycles. The summed E-state index contributed by atoms with van der Waals surface area (Å²) in [4.78, 5) is 13.5. The highest BCUT2D eigenvalue weighted by Crippen LogP contribution is 2.16. The van der Waals surface area contributed by atoms with Crippen LogP contribution in [0.3, 0.4) is 0 Å². The van der Waals surface area contributed by atoms with E-state index in [2.05, 4.69) is 30.2 Å². The Labute approximate surface area is 135 Å². The van der Waals surface area contributed by atoms with E-state index in [0.29, 0.717) is 11.7 Å². The molecular weight excluding hydrogens is 292 g/mol. The Morgan fingerprint density at radius 2 is 2.00 bits per heavy atom. The third kappa shape index (κ3) is 3.41. The van der Waals surface area contributed by atoms with E-state index < -0.39 is 0 Å². The molecule has 4 rings (SSSR count). The van der Waals surface area contributed by atoms with Crippen LogP contribution < -0.4 is 5.32 Å². The van der Waals surface area contributed by atoms with Gasteiger partial charge in [-0.25, -0.2) is 0 Å². The predicted octanol–water partition coefficient (Wildman–Crippen LogP) is 0.611. The van der Waals surface area contributed by atoms with Gasteiger partial charge in [0.05, 0.1) is 6.54 Å². The van der Waals surface area contributed by atoms with Crippen LogP contribution in [0.4, 0.5) is 0 Å². The van der Waals surface area contributed by atoms with Crippen molar-refractivity contribution < 1.29 is 4.52 Å². The smallest absolute Gasteiger partial charge is 0.241 e. The van der Waals surface area contributed by atoms with Crippen LogP contribution in [0.2, 0.25) is 0 Å². The molecule has 1 unspecified atom stereocenters. The Morgan fingerprint density at radius 3 is 2.74 bits per heavy atom. The first-order chi connectivity index (χ1) is 11.4. The topological polar surface area (TPSA) is 70.3 Å². The van der Waals surface area contributed by atoms with Crippen molar-refractivity contribution in [1.29, 1.82) is 0 Å². The molecule has 0 saturated carbocycles. The second-order valence-corrected chi connectivity index (χ2v) is 6.21. The van der Waals surface area contributed by atoms with Crippen LogP contribution in [0.1, 0.15) is 12.3 Å². The Morgan fingerprint density at radius 1 is 1.17 bits per heavy atom. The zero-order valence-electron chi connectivity index (χ0n) is 13.2. The number of pyridine rings is 1. The molecule has 0 amide bonds. The van der Waals surface area contributed by atoms with Crippen LogP contribution in [0.15, 0.2) is 29.0 Å². The lowest BCUT2D eigenvalue weighted by Crippen LogP contribution is -2.50. The second kappa shape index (κ2) is 6.74. The number of aromatic nitrogens is 3. The first kappa shape index (κ1) is 14.7. The quantitative estimate of drug-likeness (QED) is 0.886. The fraction of sp³-hybridized carbons (Fsp3) is 0.562. The normalized spacial score (nSPS) is 23.4. The fourth-order valence-electron chi connectivity index (χ4n) is 3.37. The van der Waals surface area contributed by atoms with Gasteiger partial charge in [0.25, 0.3) is 0 Å². The highest BCUT2D eigenvalue weighted by Gasteiger charge is 2.26. The van der Waals surface area contributed by atoms with Gasteiger partial charge in [0, 0.05) is 56.7 Å². The SMILES string of the molecule is c1cc(-c2noc(CN3CCN(C4CCNC4)CC3)n2)ccn1. The summed E-state index contributed by atoms with van der Waals surface area (Å²) in [5, 5.41) is 7.52. The molecule has 1 N–H and O–H groups in total. The average Bonchev–Trinajstić information content (AvgIpc) is 3.28. The summed E-state index contributed by atoms with van der Waals surface area (Å²) in [6.07, 6.45) is 4.75. The van der Waals surface area contributed by atoms with E-state index in [1.54, 1.807) is 12.4 Å². The highest BCUT2D eigenvalue weighted by atomic mass is 16.5. The minimum atomic E-state index is 0.637. The second-order valence-electron chi connectivity index (χ2n) is 6.21. The first-order valence-corrected chi connectivity index (χ1v) is 8.28. The van der Waals surface area contributed by atoms with E-state index in [0.717, 1.165) is 57.4 Å². The molecule has 7 heteroatoms. The van der Waals surface area contributed by atoms with E-state index in [1.165, 1.54) is 6.42 Å². The largest absolute Gasteiger partial charge is 0.338 e. The summed E-state index contributed by atoms with van der Waals surface area (Å²) in [6, 6.07) is 4.50. The van der Waals surface area contributed by atoms with Gasteiger partial charge >= 0.3 is 0 Å². The first-order valence-electron chi connectivity index (χ1n) is 8.28. The standard InChI is InChI=1S/C16H22N6O/c1-4-17-5-2-13(1)16-19-15(23-20-16)12-21-7-9-22(10-8-21)14-3-6-18-11-14/h1-2,4-5,14,18H,3,6-12H2. The van der Waals surface area contributed by atoms with Gasteiger partial charge in [-0.3, -0.25) is 14.8 Å². The molecule has 1 atom stereocenters. The van der Waals surface area contributed by atoms with Gasteiger partial charge in [-0.1, -0.05) is 5.16 Å². The van der Waals surface area contributed by atoms with Crippen LogP contribution in [0.5, 0.6) is 0 Å². The lowest BCUT2D eigenvalue weighted by atomic mass is 10.2. The molecule has 122 valence electrons. The molecular formula is C16H22N6O. The maximum atomic E-state index is 5.40. The molecule has 7 nitrogen and oxygen atoms in total. The summed E-state index contributed by atoms with van der Waals surface area (Å²) in [7, 11) is 0. The maximum Gasteiger partial charge on any atom is 0.241 e. The molecule has 2 fully saturated rings. The van der Waals surface area contributed by atoms with Gasteiger partial charge in [-0.15, -0.1) is 0 Å². The van der Waals surface area contributed by atoms with E-state index in [4.69, 9.17) is 4.52 Å². The van der Waals surface area contributed by atoms with Crippen molar-refractivity contribution in [3.8, 4) is 11.4 Å². The third-order valence-corrected chi connectivity index (χ3v) is 4.72. The van der Waals surface area contributed by atoms with E-state index in [-0.39, 0.29) is 0 Å². The lowest BCUT2D eigenvalue weighted by molar-refractivity contribution is 0.0908. The molecule has 23 heavy (non-hydrogen) atoms. The third-order valence-electron chi connectivity index (χ3n) is 4.72. The molecule has 2 aromatic rings. The maximum absolute atomic E-state index is 5.40. The van der Waals surface area contributed by atoms with Crippen LogP contribution in [0, 0.1) is 0 Å². The fourth-order valence-corrected chi connectivity index (χ4v) is 3.37. The van der Waals surface area contributed by atoms with Gasteiger partial charge in [-0.2, -0.15) is 4.98 Å². The highest BCUT2D eigenvalue weighted by molar-refractivity contribution is 5.52. The summed E-state index contributed by atoms with van der Waals surface area (Å²) >= 11 is 0. The molecule has 2 aliphatic heterocycles. The molecule has 0 radical (unpaired) electrons. The lowest BCUT2D eigenvalue weighted by Gasteiger charge is -2.37. The molecule has 2 aromatic heterocycles. The Bertz CT molecular complexity index is 617. The predicted molar refractivity (Wildman–Crippen MR) is 85.7 cm³/mol. The van der Waals surface area contributed by atoms with Gasteiger partial charge in [0.15, 0.2) is 0 Å². The van der Waals surface area contributed by atoms with Crippen LogP contribution in [-0.2, 0) is 6.54 Å². The molecule has 0 bridgehead atoms. The van der Waals surface area contributed by atoms with Crippen molar-refractivity contribution in [3.63, 3.8) is 0 Å². The number of rotatable bonds is 4. The Kier molecular flexibility index (Phi) is 4.32. The summed E-state index contributed by atoms with van der Waals surface area (Å²) in [5.41, 5.74) is 0.938. The van der Waals surface area contributed by atoms with Gasteiger partial charge in [-0.05, 0) is 25.1 Å². The van der Waals surface area contributed by atoms with E-state index >= 15 is 0 Å². The average molecular weight is 314 g/mol. The minimum Gasteiger partial charge on any atom is -0.338 e. The summed E-state index contributed by atoms with van der Waals surface area (Å²) in [5.74, 6) is 1.32. The van der Waals surface area contributed by atoms with E-state index in [1.807, 2.05) is 12.1 Å². The number of nitrogens with zero attached hydrogens (tertiary/aromatic N) is 5. The number of hydrogen-bond acceptors (Lipinski definition) is 7. The van der Waals surface area contributed by atoms with Crippen molar-refractivity contribution in [1.82, 2.24) is 30.2 Å². The number of nitrogens with one attached hydrogen (secondary N) is 1. The Hall–Kier alpha value is -1.83. The van der Waals surface area contributed by atoms with E-state index in [9.17, 15) is 0 Å². The summed E-state index contributed by atoms with van der Waals surface area (Å²) < 4.78 is 5.40. The monoisotopic (exact) mass is 314 g/mol. The van der Waals surface area contributed by atoms with Crippen molar-refractivity contribution in [2.75, 3.05) is 39.3 Å². The number of piperazine rings is 1. The molecule has 2 aliphatic rings. The van der Waals surface area contributed by atoms with Crippen LogP contribution in [0.25, 0.3) is 11.4 Å². The minimum absolute atomic E-state index is 0.637. The van der Waals surface area contributed by atoms with Crippen LogP contribution in [-0.4, -0.2) is 70.2 Å². The van der Waals surface area contributed by atoms with Crippen LogP contribution >= 0.6 is 0 Å². The number of hydrogen-bond donors (Lipinski definition) is 1. The van der Waals surface area contributed by atoms with Crippen molar-refractivity contribution >= 4 is 0 Å². The zero-order valence-corrected chi connectivity index (χ0v) is 13.2. The molecule has 0 spiro atoms. The molecule has 0 aromatic carbocycles. The van der Waals surface area contributed by atoms with Gasteiger partial charge in [0.2, 0.25) is 11.7 Å². The Balaban J connectivity index is 1.32. The molecule has 0 aliphatic carbocycles. The van der Waals surface area contributed by atoms with Gasteiger partial charge < -0.3 is 9.84 Å². The zero-order chi connectivity index (χ0) is 15.5. The summed E-state index contributed by atoms with van der Waals surface area (Å²) in [6.45, 7) is 7.39. The van der Waals surface area contributed by atoms with Crippen molar-refractivity contribution in [3.05, 3.63) is 30.4 Å². The van der Waals surface area contributed by atoms with Gasteiger partial charge in [0.1, 0.15) is 0 Å². The van der Waals surface area contributed by atoms with Crippen molar-refractivity contribution in [2.45, 2.75) is 19.0 Å². The molecule has 4 heterocycles. The van der Waals surface area contributed by atoms with Crippen molar-refractivity contribution in [2.24, 2.45) is 0 Å².